The van der Waals surface area contributed by atoms with Gasteiger partial charge in [-0.05, 0) is 55.5 Å². The number of carbonyl (C=O) groups excluding carboxylic acids is 3. The van der Waals surface area contributed by atoms with Gasteiger partial charge in [0.1, 0.15) is 5.75 Å². The number of esters is 2. The Morgan fingerprint density at radius 3 is 2.10 bits per heavy atom. The zero-order valence-corrected chi connectivity index (χ0v) is 16.7. The van der Waals surface area contributed by atoms with Crippen molar-refractivity contribution in [1.82, 2.24) is 0 Å². The van der Waals surface area contributed by atoms with Crippen LogP contribution in [-0.2, 0) is 4.74 Å². The highest BCUT2D eigenvalue weighted by Crippen LogP contribution is 2.17. The zero-order valence-electron chi connectivity index (χ0n) is 16.7. The summed E-state index contributed by atoms with van der Waals surface area (Å²) in [5.41, 5.74) is 2.81. The first kappa shape index (κ1) is 20.8. The van der Waals surface area contributed by atoms with Gasteiger partial charge in [0.15, 0.2) is 12.4 Å². The highest BCUT2D eigenvalue weighted by molar-refractivity contribution is 6.01. The molecule has 0 aliphatic rings. The number of para-hydroxylation sites is 1. The lowest BCUT2D eigenvalue weighted by molar-refractivity contribution is 0.0475. The molecule has 0 aromatic heterocycles. The molecule has 3 aromatic carbocycles. The van der Waals surface area contributed by atoms with Gasteiger partial charge in [0.2, 0.25) is 0 Å². The number of carbonyl (C=O) groups is 3. The van der Waals surface area contributed by atoms with Crippen LogP contribution in [-0.4, -0.2) is 31.4 Å². The fourth-order valence-corrected chi connectivity index (χ4v) is 2.74. The fraction of sp³-hybridized carbons (Fsp3) is 0.125. The summed E-state index contributed by atoms with van der Waals surface area (Å²) in [6.45, 7) is 1.54. The van der Waals surface area contributed by atoms with Crippen LogP contribution in [0.2, 0.25) is 0 Å². The van der Waals surface area contributed by atoms with Crippen molar-refractivity contribution in [1.29, 1.82) is 0 Å². The topological polar surface area (TPSA) is 81.7 Å². The van der Waals surface area contributed by atoms with Crippen molar-refractivity contribution in [3.8, 4) is 5.75 Å². The number of benzene rings is 3. The number of Topliss-reactive ketones (excluding diaryl/α,β-unsaturated/α-hetero) is 1. The molecule has 0 fully saturated rings. The van der Waals surface area contributed by atoms with E-state index in [1.807, 2.05) is 19.1 Å². The standard InChI is InChI=1S/C24H21NO5/c1-16-7-9-18(10-8-16)23(27)30-19-13-11-17(12-14-19)22(26)15-29-24(28)20-5-3-4-6-21(20)25-2/h3-14,25H,15H2,1-2H3. The van der Waals surface area contributed by atoms with Gasteiger partial charge in [-0.2, -0.15) is 0 Å². The Hall–Kier alpha value is -3.93. The highest BCUT2D eigenvalue weighted by Gasteiger charge is 2.15. The van der Waals surface area contributed by atoms with Crippen molar-refractivity contribution in [3.63, 3.8) is 0 Å². The number of anilines is 1. The number of hydrogen-bond donors (Lipinski definition) is 1. The minimum absolute atomic E-state index is 0.317. The second-order valence-corrected chi connectivity index (χ2v) is 6.57. The second-order valence-electron chi connectivity index (χ2n) is 6.57. The maximum Gasteiger partial charge on any atom is 0.343 e. The van der Waals surface area contributed by atoms with Gasteiger partial charge >= 0.3 is 11.9 Å². The quantitative estimate of drug-likeness (QED) is 0.360. The van der Waals surface area contributed by atoms with Crippen LogP contribution < -0.4 is 10.1 Å². The van der Waals surface area contributed by atoms with Crippen LogP contribution in [0.3, 0.4) is 0 Å². The van der Waals surface area contributed by atoms with Crippen molar-refractivity contribution in [2.24, 2.45) is 0 Å². The maximum absolute atomic E-state index is 12.3. The van der Waals surface area contributed by atoms with Crippen LogP contribution in [0, 0.1) is 6.92 Å². The van der Waals surface area contributed by atoms with Crippen LogP contribution in [0.25, 0.3) is 0 Å². The predicted octanol–water partition coefficient (Wildman–Crippen LogP) is 4.30. The van der Waals surface area contributed by atoms with Crippen LogP contribution >= 0.6 is 0 Å². The van der Waals surface area contributed by atoms with Gasteiger partial charge in [-0.1, -0.05) is 29.8 Å². The molecule has 1 N–H and O–H groups in total. The first-order valence-electron chi connectivity index (χ1n) is 9.34. The van der Waals surface area contributed by atoms with E-state index in [9.17, 15) is 14.4 Å². The molecule has 0 aliphatic carbocycles. The molecule has 0 amide bonds. The summed E-state index contributed by atoms with van der Waals surface area (Å²) in [4.78, 5) is 36.7. The van der Waals surface area contributed by atoms with E-state index in [1.54, 1.807) is 43.4 Å². The van der Waals surface area contributed by atoms with E-state index in [1.165, 1.54) is 24.3 Å². The summed E-state index contributed by atoms with van der Waals surface area (Å²) >= 11 is 0. The van der Waals surface area contributed by atoms with Crippen molar-refractivity contribution in [3.05, 3.63) is 95.1 Å². The second kappa shape index (κ2) is 9.52. The van der Waals surface area contributed by atoms with E-state index in [4.69, 9.17) is 9.47 Å². The molecule has 0 aliphatic heterocycles. The first-order chi connectivity index (χ1) is 14.5. The molecule has 0 heterocycles. The van der Waals surface area contributed by atoms with Gasteiger partial charge in [0.25, 0.3) is 0 Å². The van der Waals surface area contributed by atoms with Gasteiger partial charge in [-0.15, -0.1) is 0 Å². The fourth-order valence-electron chi connectivity index (χ4n) is 2.74. The highest BCUT2D eigenvalue weighted by atomic mass is 16.5. The van der Waals surface area contributed by atoms with Gasteiger partial charge < -0.3 is 14.8 Å². The SMILES string of the molecule is CNc1ccccc1C(=O)OCC(=O)c1ccc(OC(=O)c2ccc(C)cc2)cc1. The van der Waals surface area contributed by atoms with Crippen molar-refractivity contribution < 1.29 is 23.9 Å². The minimum atomic E-state index is -0.586. The maximum atomic E-state index is 12.3. The molecule has 0 radical (unpaired) electrons. The minimum Gasteiger partial charge on any atom is -0.454 e. The average Bonchev–Trinajstić information content (AvgIpc) is 2.78. The Bertz CT molecular complexity index is 1060. The average molecular weight is 403 g/mol. The molecule has 3 aromatic rings. The number of ketones is 1. The summed E-state index contributed by atoms with van der Waals surface area (Å²) < 4.78 is 10.4. The number of hydrogen-bond acceptors (Lipinski definition) is 6. The van der Waals surface area contributed by atoms with Crippen LogP contribution in [0.1, 0.15) is 36.6 Å². The number of rotatable bonds is 7. The summed E-state index contributed by atoms with van der Waals surface area (Å²) in [7, 11) is 1.70. The Morgan fingerprint density at radius 1 is 0.800 bits per heavy atom. The van der Waals surface area contributed by atoms with Gasteiger partial charge in [0.05, 0.1) is 11.1 Å². The molecular formula is C24H21NO5. The molecule has 0 saturated heterocycles. The van der Waals surface area contributed by atoms with E-state index in [0.29, 0.717) is 28.1 Å². The molecule has 152 valence electrons. The lowest BCUT2D eigenvalue weighted by Gasteiger charge is -2.09. The molecule has 0 saturated carbocycles. The van der Waals surface area contributed by atoms with E-state index in [-0.39, 0.29) is 12.4 Å². The Balaban J connectivity index is 1.57. The van der Waals surface area contributed by atoms with Gasteiger partial charge in [-0.3, -0.25) is 4.79 Å². The third-order valence-corrected chi connectivity index (χ3v) is 4.42. The Morgan fingerprint density at radius 2 is 1.43 bits per heavy atom. The first-order valence-corrected chi connectivity index (χ1v) is 9.34. The number of aryl methyl sites for hydroxylation is 1. The normalized spacial score (nSPS) is 10.2. The molecule has 6 nitrogen and oxygen atoms in total. The lowest BCUT2D eigenvalue weighted by Crippen LogP contribution is -2.15. The third-order valence-electron chi connectivity index (χ3n) is 4.42. The predicted molar refractivity (Wildman–Crippen MR) is 113 cm³/mol. The molecule has 0 spiro atoms. The van der Waals surface area contributed by atoms with Crippen molar-refractivity contribution in [2.45, 2.75) is 6.92 Å². The van der Waals surface area contributed by atoms with E-state index in [2.05, 4.69) is 5.32 Å². The van der Waals surface area contributed by atoms with Crippen molar-refractivity contribution in [2.75, 3.05) is 19.0 Å². The molecular weight excluding hydrogens is 382 g/mol. The van der Waals surface area contributed by atoms with Crippen molar-refractivity contribution >= 4 is 23.4 Å². The summed E-state index contributed by atoms with van der Waals surface area (Å²) in [5, 5.41) is 2.90. The summed E-state index contributed by atoms with van der Waals surface area (Å²) in [6, 6.07) is 20.0. The van der Waals surface area contributed by atoms with Crippen LogP contribution in [0.4, 0.5) is 5.69 Å². The van der Waals surface area contributed by atoms with Gasteiger partial charge in [0, 0.05) is 18.3 Å². The Kier molecular flexibility index (Phi) is 6.60. The molecule has 30 heavy (non-hydrogen) atoms. The summed E-state index contributed by atoms with van der Waals surface area (Å²) in [5.74, 6) is -1.11. The zero-order chi connectivity index (χ0) is 21.5. The number of ether oxygens (including phenoxy) is 2. The Labute approximate surface area is 174 Å². The molecule has 0 atom stereocenters. The summed E-state index contributed by atoms with van der Waals surface area (Å²) in [6.07, 6.45) is 0. The monoisotopic (exact) mass is 403 g/mol. The molecule has 3 rings (SSSR count). The third kappa shape index (κ3) is 5.11. The van der Waals surface area contributed by atoms with E-state index < -0.39 is 11.9 Å². The molecule has 0 bridgehead atoms. The van der Waals surface area contributed by atoms with Crippen LogP contribution in [0.5, 0.6) is 5.75 Å². The molecule has 6 heteroatoms. The largest absolute Gasteiger partial charge is 0.454 e. The smallest absolute Gasteiger partial charge is 0.343 e. The molecule has 0 unspecified atom stereocenters. The van der Waals surface area contributed by atoms with E-state index in [0.717, 1.165) is 5.56 Å². The number of nitrogens with one attached hydrogen (secondary N) is 1. The van der Waals surface area contributed by atoms with Gasteiger partial charge in [-0.25, -0.2) is 9.59 Å². The van der Waals surface area contributed by atoms with Crippen LogP contribution in [0.15, 0.2) is 72.8 Å². The van der Waals surface area contributed by atoms with E-state index >= 15 is 0 Å². The lowest BCUT2D eigenvalue weighted by atomic mass is 10.1.